The number of amides is 2. The summed E-state index contributed by atoms with van der Waals surface area (Å²) in [4.78, 5) is 42.7. The van der Waals surface area contributed by atoms with Gasteiger partial charge in [-0.1, -0.05) is 23.9 Å². The molecule has 1 saturated heterocycles. The first-order valence-corrected chi connectivity index (χ1v) is 9.69. The Kier molecular flexibility index (Phi) is 5.61. The largest absolute Gasteiger partial charge is 0.369 e. The van der Waals surface area contributed by atoms with Crippen LogP contribution in [0.1, 0.15) is 19.8 Å². The number of carbonyl (C=O) groups excluding carboxylic acids is 2. The third-order valence-corrected chi connectivity index (χ3v) is 5.61. The molecule has 0 unspecified atom stereocenters. The van der Waals surface area contributed by atoms with Gasteiger partial charge in [-0.15, -0.1) is 0 Å². The Labute approximate surface area is 155 Å². The maximum absolute atomic E-state index is 12.6. The van der Waals surface area contributed by atoms with Crippen molar-refractivity contribution < 1.29 is 9.59 Å². The molecule has 2 heterocycles. The second-order valence-corrected chi connectivity index (χ2v) is 7.27. The smallest absolute Gasteiger partial charge is 0.262 e. The Morgan fingerprint density at radius 3 is 2.85 bits per heavy atom. The van der Waals surface area contributed by atoms with Gasteiger partial charge >= 0.3 is 0 Å². The van der Waals surface area contributed by atoms with E-state index in [9.17, 15) is 14.4 Å². The standard InChI is InChI=1S/C18H22N4O3S/c1-2-22-17(25)13-7-3-4-8-14(13)20-18(22)26-11-15(23)21-9-5-6-12(10-21)16(19)24/h3-4,7-8,12H,2,5-6,9-11H2,1H3,(H2,19,24)/t12-/m1/s1. The fourth-order valence-electron chi connectivity index (χ4n) is 3.19. The molecule has 0 aliphatic carbocycles. The Hall–Kier alpha value is -2.35. The molecule has 8 heteroatoms. The minimum Gasteiger partial charge on any atom is -0.369 e. The molecule has 138 valence electrons. The lowest BCUT2D eigenvalue weighted by Crippen LogP contribution is -2.44. The van der Waals surface area contributed by atoms with Gasteiger partial charge in [0.25, 0.3) is 5.56 Å². The summed E-state index contributed by atoms with van der Waals surface area (Å²) < 4.78 is 1.59. The summed E-state index contributed by atoms with van der Waals surface area (Å²) in [6, 6.07) is 7.20. The number of aromatic nitrogens is 2. The molecule has 7 nitrogen and oxygen atoms in total. The van der Waals surface area contributed by atoms with Crippen LogP contribution in [0.4, 0.5) is 0 Å². The lowest BCUT2D eigenvalue weighted by molar-refractivity contribution is -0.132. The maximum atomic E-state index is 12.6. The van der Waals surface area contributed by atoms with Crippen LogP contribution in [-0.4, -0.2) is 45.1 Å². The Morgan fingerprint density at radius 1 is 1.35 bits per heavy atom. The van der Waals surface area contributed by atoms with Crippen LogP contribution in [0.25, 0.3) is 10.9 Å². The molecule has 1 aliphatic heterocycles. The van der Waals surface area contributed by atoms with Gasteiger partial charge in [0.1, 0.15) is 0 Å². The van der Waals surface area contributed by atoms with Gasteiger partial charge < -0.3 is 10.6 Å². The fraction of sp³-hybridized carbons (Fsp3) is 0.444. The van der Waals surface area contributed by atoms with Crippen molar-refractivity contribution in [3.05, 3.63) is 34.6 Å². The highest BCUT2D eigenvalue weighted by Gasteiger charge is 2.27. The van der Waals surface area contributed by atoms with Crippen molar-refractivity contribution in [3.8, 4) is 0 Å². The van der Waals surface area contributed by atoms with E-state index in [0.717, 1.165) is 12.8 Å². The SMILES string of the molecule is CCn1c(SCC(=O)N2CCC[C@@H](C(N)=O)C2)nc2ccccc2c1=O. The summed E-state index contributed by atoms with van der Waals surface area (Å²) in [7, 11) is 0. The highest BCUT2D eigenvalue weighted by molar-refractivity contribution is 7.99. The van der Waals surface area contributed by atoms with Crippen molar-refractivity contribution in [2.45, 2.75) is 31.5 Å². The quantitative estimate of drug-likeness (QED) is 0.627. The Morgan fingerprint density at radius 2 is 2.12 bits per heavy atom. The minimum atomic E-state index is -0.355. The summed E-state index contributed by atoms with van der Waals surface area (Å²) >= 11 is 1.26. The van der Waals surface area contributed by atoms with E-state index >= 15 is 0 Å². The normalized spacial score (nSPS) is 17.4. The monoisotopic (exact) mass is 374 g/mol. The Bertz CT molecular complexity index is 896. The predicted octanol–water partition coefficient (Wildman–Crippen LogP) is 1.23. The number of nitrogens with zero attached hydrogens (tertiary/aromatic N) is 3. The summed E-state index contributed by atoms with van der Waals surface area (Å²) in [6.45, 7) is 3.38. The number of hydrogen-bond donors (Lipinski definition) is 1. The molecule has 0 radical (unpaired) electrons. The fourth-order valence-corrected chi connectivity index (χ4v) is 4.16. The van der Waals surface area contributed by atoms with Crippen molar-refractivity contribution >= 4 is 34.5 Å². The van der Waals surface area contributed by atoms with Gasteiger partial charge in [0.05, 0.1) is 22.6 Å². The molecular weight excluding hydrogens is 352 g/mol. The molecule has 2 aromatic rings. The van der Waals surface area contributed by atoms with E-state index in [0.29, 0.717) is 35.7 Å². The third-order valence-electron chi connectivity index (χ3n) is 4.64. The summed E-state index contributed by atoms with van der Waals surface area (Å²) in [6.07, 6.45) is 1.51. The van der Waals surface area contributed by atoms with Crippen LogP contribution in [0.5, 0.6) is 0 Å². The lowest BCUT2D eigenvalue weighted by atomic mass is 9.97. The molecule has 0 spiro atoms. The number of primary amides is 1. The third kappa shape index (κ3) is 3.75. The first kappa shape index (κ1) is 18.4. The molecule has 0 bridgehead atoms. The van der Waals surface area contributed by atoms with Gasteiger partial charge in [0.2, 0.25) is 11.8 Å². The molecular formula is C18H22N4O3S. The zero-order valence-corrected chi connectivity index (χ0v) is 15.5. The number of benzene rings is 1. The van der Waals surface area contributed by atoms with Crippen LogP contribution < -0.4 is 11.3 Å². The van der Waals surface area contributed by atoms with E-state index in [4.69, 9.17) is 5.73 Å². The highest BCUT2D eigenvalue weighted by Crippen LogP contribution is 2.21. The number of hydrogen-bond acceptors (Lipinski definition) is 5. The predicted molar refractivity (Wildman–Crippen MR) is 101 cm³/mol. The second kappa shape index (κ2) is 7.90. The number of fused-ring (bicyclic) bond motifs is 1. The van der Waals surface area contributed by atoms with Gasteiger partial charge in [-0.05, 0) is 31.9 Å². The summed E-state index contributed by atoms with van der Waals surface area (Å²) in [5.74, 6) is -0.515. The minimum absolute atomic E-state index is 0.0639. The van der Waals surface area contributed by atoms with Crippen molar-refractivity contribution in [2.75, 3.05) is 18.8 Å². The number of thioether (sulfide) groups is 1. The molecule has 1 aliphatic rings. The number of likely N-dealkylation sites (tertiary alicyclic amines) is 1. The molecule has 0 saturated carbocycles. The maximum Gasteiger partial charge on any atom is 0.262 e. The molecule has 2 amide bonds. The number of rotatable bonds is 5. The van der Waals surface area contributed by atoms with Crippen molar-refractivity contribution in [1.82, 2.24) is 14.5 Å². The van der Waals surface area contributed by atoms with Crippen molar-refractivity contribution in [1.29, 1.82) is 0 Å². The van der Waals surface area contributed by atoms with E-state index in [1.165, 1.54) is 11.8 Å². The zero-order chi connectivity index (χ0) is 18.7. The van der Waals surface area contributed by atoms with E-state index in [2.05, 4.69) is 4.98 Å². The Balaban J connectivity index is 1.76. The van der Waals surface area contributed by atoms with Crippen LogP contribution >= 0.6 is 11.8 Å². The number of nitrogens with two attached hydrogens (primary N) is 1. The van der Waals surface area contributed by atoms with E-state index < -0.39 is 0 Å². The number of para-hydroxylation sites is 1. The molecule has 2 N–H and O–H groups in total. The van der Waals surface area contributed by atoms with Crippen molar-refractivity contribution in [3.63, 3.8) is 0 Å². The van der Waals surface area contributed by atoms with Gasteiger partial charge in [-0.2, -0.15) is 0 Å². The lowest BCUT2D eigenvalue weighted by Gasteiger charge is -2.31. The molecule has 26 heavy (non-hydrogen) atoms. The van der Waals surface area contributed by atoms with Crippen LogP contribution in [0.3, 0.4) is 0 Å². The highest BCUT2D eigenvalue weighted by atomic mass is 32.2. The molecule has 1 aromatic heterocycles. The van der Waals surface area contributed by atoms with Gasteiger partial charge in [0.15, 0.2) is 5.16 Å². The van der Waals surface area contributed by atoms with Crippen LogP contribution in [0.15, 0.2) is 34.2 Å². The van der Waals surface area contributed by atoms with Crippen molar-refractivity contribution in [2.24, 2.45) is 11.7 Å². The van der Waals surface area contributed by atoms with Crippen LogP contribution in [0.2, 0.25) is 0 Å². The average Bonchev–Trinajstić information content (AvgIpc) is 2.66. The molecule has 1 atom stereocenters. The van der Waals surface area contributed by atoms with Crippen LogP contribution in [0, 0.1) is 5.92 Å². The van der Waals surface area contributed by atoms with E-state index in [1.54, 1.807) is 21.6 Å². The summed E-state index contributed by atoms with van der Waals surface area (Å²) in [5, 5.41) is 1.11. The first-order chi connectivity index (χ1) is 12.5. The van der Waals surface area contributed by atoms with Gasteiger partial charge in [-0.3, -0.25) is 19.0 Å². The van der Waals surface area contributed by atoms with Gasteiger partial charge in [-0.25, -0.2) is 4.98 Å². The van der Waals surface area contributed by atoms with Gasteiger partial charge in [0, 0.05) is 19.6 Å². The zero-order valence-electron chi connectivity index (χ0n) is 14.7. The molecule has 1 fully saturated rings. The number of piperidine rings is 1. The van der Waals surface area contributed by atoms with Crippen LogP contribution in [-0.2, 0) is 16.1 Å². The number of carbonyl (C=O) groups is 2. The second-order valence-electron chi connectivity index (χ2n) is 6.33. The van der Waals surface area contributed by atoms with E-state index in [-0.39, 0.29) is 29.0 Å². The molecule has 1 aromatic carbocycles. The average molecular weight is 374 g/mol. The molecule has 3 rings (SSSR count). The first-order valence-electron chi connectivity index (χ1n) is 8.70. The summed E-state index contributed by atoms with van der Waals surface area (Å²) in [5.41, 5.74) is 5.90. The topological polar surface area (TPSA) is 98.3 Å². The van der Waals surface area contributed by atoms with E-state index in [1.807, 2.05) is 19.1 Å².